The fraction of sp³-hybridized carbons (Fsp3) is 0.333. The number of nitrogens with one attached hydrogen (secondary N) is 1. The number of rotatable bonds is 1. The molecule has 0 unspecified atom stereocenters. The average Bonchev–Trinajstić information content (AvgIpc) is 2.53. The summed E-state index contributed by atoms with van der Waals surface area (Å²) in [6.45, 7) is 4.05. The van der Waals surface area contributed by atoms with Gasteiger partial charge < -0.3 is 10.5 Å². The van der Waals surface area contributed by atoms with Gasteiger partial charge in [0, 0.05) is 12.0 Å². The quantitative estimate of drug-likeness (QED) is 0.331. The molecule has 3 N–H and O–H groups in total. The Hall–Kier alpha value is -2.22. The van der Waals surface area contributed by atoms with Crippen molar-refractivity contribution < 1.29 is 4.74 Å². The Labute approximate surface area is 99.9 Å². The molecule has 17 heavy (non-hydrogen) atoms. The van der Waals surface area contributed by atoms with Crippen LogP contribution in [0.3, 0.4) is 0 Å². The van der Waals surface area contributed by atoms with Gasteiger partial charge in [-0.05, 0) is 19.9 Å². The van der Waals surface area contributed by atoms with Crippen molar-refractivity contribution in [1.29, 1.82) is 5.26 Å². The van der Waals surface area contributed by atoms with Crippen LogP contribution in [0.4, 0.5) is 5.69 Å². The lowest BCUT2D eigenvalue weighted by Gasteiger charge is -2.17. The second-order valence-electron chi connectivity index (χ2n) is 4.54. The van der Waals surface area contributed by atoms with Crippen LogP contribution in [0, 0.1) is 11.5 Å². The van der Waals surface area contributed by atoms with E-state index in [0.717, 1.165) is 17.7 Å². The number of aliphatic imine (C=N–C) groups is 1. The Balaban J connectivity index is 2.37. The molecule has 0 aliphatic carbocycles. The maximum absolute atomic E-state index is 8.44. The number of guanidine groups is 1. The first-order valence-electron chi connectivity index (χ1n) is 5.32. The molecule has 0 bridgehead atoms. The van der Waals surface area contributed by atoms with Crippen LogP contribution in [0.15, 0.2) is 23.2 Å². The summed E-state index contributed by atoms with van der Waals surface area (Å²) in [5.41, 5.74) is 7.08. The van der Waals surface area contributed by atoms with Crippen LogP contribution in [0.25, 0.3) is 0 Å². The van der Waals surface area contributed by atoms with Gasteiger partial charge >= 0.3 is 0 Å². The highest BCUT2D eigenvalue weighted by molar-refractivity contribution is 5.83. The summed E-state index contributed by atoms with van der Waals surface area (Å²) >= 11 is 0. The van der Waals surface area contributed by atoms with Gasteiger partial charge in [-0.2, -0.15) is 5.26 Å². The minimum absolute atomic E-state index is 0.0641. The molecule has 0 aromatic heterocycles. The summed E-state index contributed by atoms with van der Waals surface area (Å²) < 4.78 is 5.83. The molecule has 5 nitrogen and oxygen atoms in total. The van der Waals surface area contributed by atoms with E-state index in [9.17, 15) is 0 Å². The third-order valence-electron chi connectivity index (χ3n) is 2.50. The van der Waals surface area contributed by atoms with Crippen molar-refractivity contribution in [3.63, 3.8) is 0 Å². The summed E-state index contributed by atoms with van der Waals surface area (Å²) in [6, 6.07) is 5.73. The van der Waals surface area contributed by atoms with E-state index in [1.165, 1.54) is 0 Å². The SMILES string of the molecule is CC1(C)Cc2cccc(N=C(N)NC#N)c2O1. The van der Waals surface area contributed by atoms with Crippen LogP contribution in [-0.2, 0) is 6.42 Å². The predicted molar refractivity (Wildman–Crippen MR) is 64.9 cm³/mol. The largest absolute Gasteiger partial charge is 0.485 e. The van der Waals surface area contributed by atoms with E-state index in [2.05, 4.69) is 10.3 Å². The molecule has 2 rings (SSSR count). The van der Waals surface area contributed by atoms with E-state index in [1.54, 1.807) is 6.19 Å². The minimum atomic E-state index is -0.217. The molecule has 0 fully saturated rings. The molecular weight excluding hydrogens is 216 g/mol. The van der Waals surface area contributed by atoms with E-state index >= 15 is 0 Å². The van der Waals surface area contributed by atoms with Gasteiger partial charge in [0.2, 0.25) is 5.96 Å². The summed E-state index contributed by atoms with van der Waals surface area (Å²) in [7, 11) is 0. The second kappa shape index (κ2) is 3.98. The molecule has 1 aliphatic heterocycles. The lowest BCUT2D eigenvalue weighted by atomic mass is 10.0. The van der Waals surface area contributed by atoms with E-state index in [-0.39, 0.29) is 11.6 Å². The van der Waals surface area contributed by atoms with Crippen LogP contribution >= 0.6 is 0 Å². The molecule has 1 aromatic carbocycles. The molecule has 0 radical (unpaired) electrons. The monoisotopic (exact) mass is 230 g/mol. The zero-order valence-corrected chi connectivity index (χ0v) is 9.82. The van der Waals surface area contributed by atoms with Crippen molar-refractivity contribution >= 4 is 11.6 Å². The molecule has 1 heterocycles. The fourth-order valence-corrected chi connectivity index (χ4v) is 1.90. The van der Waals surface area contributed by atoms with E-state index < -0.39 is 0 Å². The van der Waals surface area contributed by atoms with Gasteiger partial charge in [-0.25, -0.2) is 4.99 Å². The summed E-state index contributed by atoms with van der Waals surface area (Å²) in [4.78, 5) is 4.12. The first-order chi connectivity index (χ1) is 8.02. The molecular formula is C12H14N4O. The molecule has 5 heteroatoms. The molecule has 88 valence electrons. The smallest absolute Gasteiger partial charge is 0.207 e. The zero-order valence-electron chi connectivity index (χ0n) is 9.82. The molecule has 0 saturated carbocycles. The van der Waals surface area contributed by atoms with Crippen molar-refractivity contribution in [2.75, 3.05) is 0 Å². The van der Waals surface area contributed by atoms with Crippen molar-refractivity contribution in [2.24, 2.45) is 10.7 Å². The highest BCUT2D eigenvalue weighted by atomic mass is 16.5. The van der Waals surface area contributed by atoms with Gasteiger partial charge in [0.15, 0.2) is 6.19 Å². The van der Waals surface area contributed by atoms with Crippen LogP contribution in [0.2, 0.25) is 0 Å². The molecule has 1 aromatic rings. The summed E-state index contributed by atoms with van der Waals surface area (Å²) in [5.74, 6) is 0.814. The molecule has 1 aliphatic rings. The Morgan fingerprint density at radius 1 is 1.59 bits per heavy atom. The van der Waals surface area contributed by atoms with Crippen LogP contribution in [0.1, 0.15) is 19.4 Å². The number of benzene rings is 1. The number of ether oxygens (including phenoxy) is 1. The lowest BCUT2D eigenvalue weighted by molar-refractivity contribution is 0.139. The van der Waals surface area contributed by atoms with Crippen molar-refractivity contribution in [3.05, 3.63) is 23.8 Å². The van der Waals surface area contributed by atoms with Gasteiger partial charge in [-0.3, -0.25) is 5.32 Å². The number of para-hydroxylation sites is 1. The first-order valence-corrected chi connectivity index (χ1v) is 5.32. The van der Waals surface area contributed by atoms with Crippen LogP contribution in [0.5, 0.6) is 5.75 Å². The Bertz CT molecular complexity index is 514. The summed E-state index contributed by atoms with van der Waals surface area (Å²) in [6.07, 6.45) is 2.57. The Morgan fingerprint density at radius 2 is 2.35 bits per heavy atom. The van der Waals surface area contributed by atoms with Crippen molar-refractivity contribution in [2.45, 2.75) is 25.9 Å². The number of nitrogens with zero attached hydrogens (tertiary/aromatic N) is 2. The van der Waals surface area contributed by atoms with Crippen molar-refractivity contribution in [3.8, 4) is 11.9 Å². The zero-order chi connectivity index (χ0) is 12.5. The number of nitriles is 1. The van der Waals surface area contributed by atoms with Crippen LogP contribution in [-0.4, -0.2) is 11.6 Å². The normalized spacial score (nSPS) is 16.9. The number of nitrogens with two attached hydrogens (primary N) is 1. The maximum atomic E-state index is 8.44. The topological polar surface area (TPSA) is 83.4 Å². The Morgan fingerprint density at radius 3 is 3.06 bits per heavy atom. The predicted octanol–water partition coefficient (Wildman–Crippen LogP) is 1.42. The highest BCUT2D eigenvalue weighted by Crippen LogP contribution is 2.41. The fourth-order valence-electron chi connectivity index (χ4n) is 1.90. The minimum Gasteiger partial charge on any atom is -0.485 e. The van der Waals surface area contributed by atoms with Crippen molar-refractivity contribution in [1.82, 2.24) is 5.32 Å². The number of fused-ring (bicyclic) bond motifs is 1. The highest BCUT2D eigenvalue weighted by Gasteiger charge is 2.31. The van der Waals surface area contributed by atoms with Gasteiger partial charge in [0.1, 0.15) is 17.0 Å². The standard InChI is InChI=1S/C12H14N4O/c1-12(2)6-8-4-3-5-9(10(8)17-12)16-11(14)15-7-13/h3-5H,6H2,1-2H3,(H3,14,15,16). The second-order valence-corrected chi connectivity index (χ2v) is 4.54. The molecule has 0 spiro atoms. The molecule has 0 saturated heterocycles. The lowest BCUT2D eigenvalue weighted by Crippen LogP contribution is -2.27. The van der Waals surface area contributed by atoms with Gasteiger partial charge in [0.05, 0.1) is 0 Å². The first kappa shape index (κ1) is 11.3. The third kappa shape index (κ3) is 2.31. The average molecular weight is 230 g/mol. The molecule has 0 atom stereocenters. The van der Waals surface area contributed by atoms with Gasteiger partial charge in [-0.1, -0.05) is 12.1 Å². The summed E-state index contributed by atoms with van der Waals surface area (Å²) in [5, 5.41) is 10.7. The van der Waals surface area contributed by atoms with Crippen LogP contribution < -0.4 is 15.8 Å². The van der Waals surface area contributed by atoms with E-state index in [4.69, 9.17) is 15.7 Å². The third-order valence-corrected chi connectivity index (χ3v) is 2.50. The number of hydrogen-bond donors (Lipinski definition) is 2. The molecule has 0 amide bonds. The van der Waals surface area contributed by atoms with Gasteiger partial charge in [0.25, 0.3) is 0 Å². The van der Waals surface area contributed by atoms with E-state index in [1.807, 2.05) is 32.0 Å². The maximum Gasteiger partial charge on any atom is 0.207 e. The Kier molecular flexibility index (Phi) is 2.64. The van der Waals surface area contributed by atoms with E-state index in [0.29, 0.717) is 5.69 Å². The van der Waals surface area contributed by atoms with Gasteiger partial charge in [-0.15, -0.1) is 0 Å². The number of hydrogen-bond acceptors (Lipinski definition) is 3.